The number of hydrogen-bond acceptors (Lipinski definition) is 1. The Morgan fingerprint density at radius 3 is 2.21 bits per heavy atom. The highest BCUT2D eigenvalue weighted by molar-refractivity contribution is 9.10. The van der Waals surface area contributed by atoms with Gasteiger partial charge in [-0.2, -0.15) is 0 Å². The van der Waals surface area contributed by atoms with E-state index < -0.39 is 4.32 Å². The predicted molar refractivity (Wildman–Crippen MR) is 62.6 cm³/mol. The van der Waals surface area contributed by atoms with Crippen LogP contribution in [0, 0.1) is 0 Å². The minimum Gasteiger partial charge on any atom is -0.350 e. The van der Waals surface area contributed by atoms with Gasteiger partial charge in [0, 0.05) is 5.54 Å². The van der Waals surface area contributed by atoms with Gasteiger partial charge in [-0.05, 0) is 33.6 Å². The van der Waals surface area contributed by atoms with Gasteiger partial charge in [0.25, 0.3) is 0 Å². The van der Waals surface area contributed by atoms with Crippen LogP contribution in [0.3, 0.4) is 0 Å². The maximum absolute atomic E-state index is 11.8. The van der Waals surface area contributed by atoms with Crippen molar-refractivity contribution in [3.63, 3.8) is 0 Å². The van der Waals surface area contributed by atoms with Crippen molar-refractivity contribution in [3.8, 4) is 0 Å². The van der Waals surface area contributed by atoms with Crippen LogP contribution in [0.15, 0.2) is 0 Å². The van der Waals surface area contributed by atoms with E-state index in [0.717, 1.165) is 12.8 Å². The Bertz CT molecular complexity index is 214. The zero-order valence-corrected chi connectivity index (χ0v) is 10.9. The van der Waals surface area contributed by atoms with Crippen LogP contribution in [0.4, 0.5) is 0 Å². The molecule has 82 valence electrons. The largest absolute Gasteiger partial charge is 0.350 e. The molecule has 0 saturated heterocycles. The lowest BCUT2D eigenvalue weighted by atomic mass is 9.83. The molecule has 0 heterocycles. The van der Waals surface area contributed by atoms with Crippen molar-refractivity contribution in [1.29, 1.82) is 0 Å². The Morgan fingerprint density at radius 1 is 1.29 bits per heavy atom. The van der Waals surface area contributed by atoms with Gasteiger partial charge >= 0.3 is 0 Å². The van der Waals surface area contributed by atoms with E-state index in [1.807, 2.05) is 13.8 Å². The maximum atomic E-state index is 11.8. The standard InChI is InChI=1S/C11H20BrNO/c1-10(2,12)9(14)13-11(3)7-5-4-6-8-11/h4-8H2,1-3H3,(H,13,14). The van der Waals surface area contributed by atoms with Crippen LogP contribution in [0.1, 0.15) is 52.9 Å². The van der Waals surface area contributed by atoms with E-state index in [1.165, 1.54) is 19.3 Å². The van der Waals surface area contributed by atoms with E-state index in [4.69, 9.17) is 0 Å². The van der Waals surface area contributed by atoms with Gasteiger partial charge in [0.1, 0.15) is 0 Å². The number of hydrogen-bond donors (Lipinski definition) is 1. The molecule has 1 aliphatic rings. The first-order chi connectivity index (χ1) is 6.33. The molecule has 1 saturated carbocycles. The summed E-state index contributed by atoms with van der Waals surface area (Å²) in [7, 11) is 0. The smallest absolute Gasteiger partial charge is 0.236 e. The summed E-state index contributed by atoms with van der Waals surface area (Å²) in [4.78, 5) is 11.8. The van der Waals surface area contributed by atoms with Gasteiger partial charge in [-0.15, -0.1) is 0 Å². The van der Waals surface area contributed by atoms with Gasteiger partial charge in [0.05, 0.1) is 4.32 Å². The first-order valence-electron chi connectivity index (χ1n) is 5.35. The van der Waals surface area contributed by atoms with Crippen LogP contribution >= 0.6 is 15.9 Å². The third-order valence-corrected chi connectivity index (χ3v) is 3.27. The second-order valence-corrected chi connectivity index (χ2v) is 7.03. The van der Waals surface area contributed by atoms with Crippen LogP contribution in [-0.2, 0) is 4.79 Å². The number of carbonyl (C=O) groups is 1. The summed E-state index contributed by atoms with van der Waals surface area (Å²) >= 11 is 3.38. The molecule has 1 amide bonds. The molecule has 0 radical (unpaired) electrons. The molecular formula is C11H20BrNO. The summed E-state index contributed by atoms with van der Waals surface area (Å²) in [5, 5.41) is 3.15. The van der Waals surface area contributed by atoms with E-state index in [-0.39, 0.29) is 11.4 Å². The van der Waals surface area contributed by atoms with Gasteiger partial charge in [-0.3, -0.25) is 4.79 Å². The third kappa shape index (κ3) is 3.26. The lowest BCUT2D eigenvalue weighted by Gasteiger charge is -2.36. The first kappa shape index (κ1) is 12.0. The minimum absolute atomic E-state index is 0.0281. The monoisotopic (exact) mass is 261 g/mol. The van der Waals surface area contributed by atoms with Crippen molar-refractivity contribution in [3.05, 3.63) is 0 Å². The summed E-state index contributed by atoms with van der Waals surface area (Å²) < 4.78 is -0.451. The molecule has 1 aliphatic carbocycles. The second-order valence-electron chi connectivity index (χ2n) is 5.05. The number of rotatable bonds is 2. The highest BCUT2D eigenvalue weighted by atomic mass is 79.9. The normalized spacial score (nSPS) is 21.7. The topological polar surface area (TPSA) is 29.1 Å². The Balaban J connectivity index is 2.54. The van der Waals surface area contributed by atoms with Gasteiger partial charge in [0.15, 0.2) is 0 Å². The Hall–Kier alpha value is -0.0500. The van der Waals surface area contributed by atoms with Crippen molar-refractivity contribution in [1.82, 2.24) is 5.32 Å². The summed E-state index contributed by atoms with van der Waals surface area (Å²) in [5.74, 6) is 0.0990. The molecule has 1 fully saturated rings. The van der Waals surface area contributed by atoms with Crippen molar-refractivity contribution in [2.24, 2.45) is 0 Å². The Labute approximate surface area is 95.0 Å². The molecule has 0 bridgehead atoms. The average Bonchev–Trinajstić information content (AvgIpc) is 2.02. The van der Waals surface area contributed by atoms with E-state index in [9.17, 15) is 4.79 Å². The first-order valence-corrected chi connectivity index (χ1v) is 6.14. The molecule has 0 aromatic rings. The number of carbonyl (C=O) groups excluding carboxylic acids is 1. The molecular weight excluding hydrogens is 242 g/mol. The number of alkyl halides is 1. The SMILES string of the molecule is CC1(NC(=O)C(C)(C)Br)CCCCC1. The third-order valence-electron chi connectivity index (χ3n) is 2.91. The van der Waals surface area contributed by atoms with Gasteiger partial charge in [0.2, 0.25) is 5.91 Å². The number of halogens is 1. The van der Waals surface area contributed by atoms with Crippen LogP contribution in [0.2, 0.25) is 0 Å². The molecule has 0 unspecified atom stereocenters. The van der Waals surface area contributed by atoms with Crippen LogP contribution in [-0.4, -0.2) is 15.8 Å². The quantitative estimate of drug-likeness (QED) is 0.761. The van der Waals surface area contributed by atoms with Crippen LogP contribution < -0.4 is 5.32 Å². The summed E-state index contributed by atoms with van der Waals surface area (Å²) in [6.45, 7) is 5.92. The molecule has 0 spiro atoms. The molecule has 0 aliphatic heterocycles. The molecule has 0 atom stereocenters. The molecule has 14 heavy (non-hydrogen) atoms. The molecule has 3 heteroatoms. The predicted octanol–water partition coefficient (Wildman–Crippen LogP) is 3.00. The highest BCUT2D eigenvalue weighted by Crippen LogP contribution is 2.29. The summed E-state index contributed by atoms with van der Waals surface area (Å²) in [5.41, 5.74) is 0.0281. The Kier molecular flexibility index (Phi) is 3.62. The minimum atomic E-state index is -0.451. The molecule has 1 rings (SSSR count). The number of amides is 1. The zero-order chi connectivity index (χ0) is 10.8. The number of nitrogens with one attached hydrogen (secondary N) is 1. The van der Waals surface area contributed by atoms with E-state index in [0.29, 0.717) is 0 Å². The molecule has 0 aromatic carbocycles. The average molecular weight is 262 g/mol. The van der Waals surface area contributed by atoms with Crippen LogP contribution in [0.25, 0.3) is 0 Å². The summed E-state index contributed by atoms with van der Waals surface area (Å²) in [6, 6.07) is 0. The van der Waals surface area contributed by atoms with E-state index >= 15 is 0 Å². The van der Waals surface area contributed by atoms with Crippen molar-refractivity contribution in [2.75, 3.05) is 0 Å². The van der Waals surface area contributed by atoms with Crippen molar-refractivity contribution < 1.29 is 4.79 Å². The fraction of sp³-hybridized carbons (Fsp3) is 0.909. The summed E-state index contributed by atoms with van der Waals surface area (Å²) in [6.07, 6.45) is 6.01. The maximum Gasteiger partial charge on any atom is 0.236 e. The fourth-order valence-corrected chi connectivity index (χ4v) is 1.98. The molecule has 0 aromatic heterocycles. The van der Waals surface area contributed by atoms with Crippen molar-refractivity contribution in [2.45, 2.75) is 62.7 Å². The molecule has 1 N–H and O–H groups in total. The lowest BCUT2D eigenvalue weighted by molar-refractivity contribution is -0.124. The van der Waals surface area contributed by atoms with E-state index in [1.54, 1.807) is 0 Å². The zero-order valence-electron chi connectivity index (χ0n) is 9.32. The highest BCUT2D eigenvalue weighted by Gasteiger charge is 2.33. The van der Waals surface area contributed by atoms with Gasteiger partial charge < -0.3 is 5.32 Å². The second kappa shape index (κ2) is 4.21. The van der Waals surface area contributed by atoms with Gasteiger partial charge in [-0.1, -0.05) is 35.2 Å². The van der Waals surface area contributed by atoms with E-state index in [2.05, 4.69) is 28.2 Å². The van der Waals surface area contributed by atoms with Gasteiger partial charge in [-0.25, -0.2) is 0 Å². The molecule has 2 nitrogen and oxygen atoms in total. The lowest BCUT2D eigenvalue weighted by Crippen LogP contribution is -2.52. The fourth-order valence-electron chi connectivity index (χ4n) is 1.88. The Morgan fingerprint density at radius 2 is 1.79 bits per heavy atom. The van der Waals surface area contributed by atoms with Crippen LogP contribution in [0.5, 0.6) is 0 Å². The van der Waals surface area contributed by atoms with Crippen molar-refractivity contribution >= 4 is 21.8 Å².